The number of nitrogens with zero attached hydrogens (tertiary/aromatic N) is 1. The number of esters is 1. The molecule has 1 unspecified atom stereocenters. The fourth-order valence-electron chi connectivity index (χ4n) is 2.65. The van der Waals surface area contributed by atoms with Gasteiger partial charge in [-0.2, -0.15) is 0 Å². The van der Waals surface area contributed by atoms with Gasteiger partial charge in [0.2, 0.25) is 0 Å². The molecule has 29 heavy (non-hydrogen) atoms. The zero-order valence-corrected chi connectivity index (χ0v) is 21.5. The lowest BCUT2D eigenvalue weighted by Crippen LogP contribution is -2.15. The first kappa shape index (κ1) is 21.5. The molecule has 0 saturated carbocycles. The van der Waals surface area contributed by atoms with Gasteiger partial charge in [0.05, 0.1) is 32.0 Å². The van der Waals surface area contributed by atoms with Crippen molar-refractivity contribution in [3.8, 4) is 0 Å². The largest absolute Gasteiger partial charge is 0.461 e. The summed E-state index contributed by atoms with van der Waals surface area (Å²) in [4.78, 5) is 16.1. The third kappa shape index (κ3) is 5.18. The van der Waals surface area contributed by atoms with Gasteiger partial charge in [0.1, 0.15) is 5.69 Å². The predicted octanol–water partition coefficient (Wildman–Crippen LogP) is 7.30. The molecule has 0 fully saturated rings. The Kier molecular flexibility index (Phi) is 7.45. The Morgan fingerprint density at radius 3 is 2.31 bits per heavy atom. The Balaban J connectivity index is 1.12. The summed E-state index contributed by atoms with van der Waals surface area (Å²) in [5.41, 5.74) is 0.376. The summed E-state index contributed by atoms with van der Waals surface area (Å²) in [7, 11) is 0. The molecule has 0 bridgehead atoms. The highest BCUT2D eigenvalue weighted by atomic mass is 32.3. The third-order valence-electron chi connectivity index (χ3n) is 4.01. The normalized spacial score (nSPS) is 24.1. The Hall–Kier alpha value is 0.640. The molecular weight excluding hydrogens is 519 g/mol. The molecule has 1 aromatic rings. The summed E-state index contributed by atoms with van der Waals surface area (Å²) in [6.45, 7) is 0.443. The van der Waals surface area contributed by atoms with Crippen molar-refractivity contribution in [2.45, 2.75) is 11.7 Å². The van der Waals surface area contributed by atoms with E-state index in [2.05, 4.69) is 4.98 Å². The van der Waals surface area contributed by atoms with Crippen LogP contribution < -0.4 is 0 Å². The minimum Gasteiger partial charge on any atom is -0.461 e. The van der Waals surface area contributed by atoms with Gasteiger partial charge in [-0.3, -0.25) is 0 Å². The molecule has 4 aliphatic heterocycles. The van der Waals surface area contributed by atoms with Crippen LogP contribution in [-0.2, 0) is 4.74 Å². The van der Waals surface area contributed by atoms with Gasteiger partial charge in [0.15, 0.2) is 0 Å². The number of carbonyl (C=O) groups is 1. The maximum absolute atomic E-state index is 12.0. The Labute approximate surface area is 204 Å². The lowest BCUT2D eigenvalue weighted by atomic mass is 10.3. The van der Waals surface area contributed by atoms with Gasteiger partial charge in [0, 0.05) is 28.7 Å². The predicted molar refractivity (Wildman–Crippen MR) is 139 cm³/mol. The standard InChI is InChI=1S/C18H15NO2S8/c20-12(11-3-1-2-5-19-11)21-6-4-10-9-24-15-16(25-10)29-18(28-15)17-26-13-14(27-17)23-8-7-22-13/h1-3,5,10H,4,6-9H2. The highest BCUT2D eigenvalue weighted by Crippen LogP contribution is 2.68. The van der Waals surface area contributed by atoms with Crippen molar-refractivity contribution in [1.82, 2.24) is 4.98 Å². The molecule has 0 radical (unpaired) electrons. The van der Waals surface area contributed by atoms with E-state index in [-0.39, 0.29) is 5.97 Å². The summed E-state index contributed by atoms with van der Waals surface area (Å²) in [6, 6.07) is 5.29. The average Bonchev–Trinajstić information content (AvgIpc) is 3.38. The van der Waals surface area contributed by atoms with E-state index < -0.39 is 0 Å². The fourth-order valence-corrected chi connectivity index (χ4v) is 15.3. The zero-order valence-electron chi connectivity index (χ0n) is 15.0. The highest BCUT2D eigenvalue weighted by Gasteiger charge is 2.34. The van der Waals surface area contributed by atoms with E-state index in [0.717, 1.165) is 12.2 Å². The second-order valence-electron chi connectivity index (χ2n) is 6.02. The van der Waals surface area contributed by atoms with Crippen LogP contribution in [0.2, 0.25) is 0 Å². The number of pyridine rings is 1. The monoisotopic (exact) mass is 533 g/mol. The number of rotatable bonds is 4. The average molecular weight is 534 g/mol. The van der Waals surface area contributed by atoms with Crippen LogP contribution >= 0.6 is 94.1 Å². The van der Waals surface area contributed by atoms with Gasteiger partial charge in [-0.25, -0.2) is 9.78 Å². The smallest absolute Gasteiger partial charge is 0.356 e. The van der Waals surface area contributed by atoms with Crippen LogP contribution in [-0.4, -0.2) is 40.1 Å². The molecule has 1 atom stereocenters. The van der Waals surface area contributed by atoms with Gasteiger partial charge in [-0.15, -0.1) is 47.0 Å². The van der Waals surface area contributed by atoms with E-state index in [1.165, 1.54) is 36.9 Å². The summed E-state index contributed by atoms with van der Waals surface area (Å²) in [5.74, 6) is 3.20. The molecule has 0 N–H and O–H groups in total. The van der Waals surface area contributed by atoms with Gasteiger partial charge >= 0.3 is 5.97 Å². The zero-order chi connectivity index (χ0) is 19.6. The van der Waals surface area contributed by atoms with Crippen molar-refractivity contribution in [3.63, 3.8) is 0 Å². The summed E-state index contributed by atoms with van der Waals surface area (Å²) in [5, 5.41) is 0.481. The van der Waals surface area contributed by atoms with Gasteiger partial charge in [-0.05, 0) is 18.6 Å². The SMILES string of the molecule is O=C(OCCC1CSC2=C(SC(=C3SC4=C(SCCS4)S3)S2)S1)c1ccccn1. The Morgan fingerprint density at radius 2 is 1.62 bits per heavy atom. The maximum atomic E-state index is 12.0. The maximum Gasteiger partial charge on any atom is 0.356 e. The summed E-state index contributed by atoms with van der Waals surface area (Å²) in [6.07, 6.45) is 2.49. The molecule has 4 aliphatic rings. The minimum absolute atomic E-state index is 0.334. The second-order valence-corrected chi connectivity index (χ2v) is 16.2. The van der Waals surface area contributed by atoms with Crippen LogP contribution in [0.3, 0.4) is 0 Å². The number of thioether (sulfide) groups is 8. The molecule has 3 nitrogen and oxygen atoms in total. The molecule has 5 rings (SSSR count). The van der Waals surface area contributed by atoms with Crippen LogP contribution in [0.1, 0.15) is 16.9 Å². The molecular formula is C18H15NO2S8. The van der Waals surface area contributed by atoms with E-state index in [0.29, 0.717) is 17.6 Å². The van der Waals surface area contributed by atoms with Gasteiger partial charge < -0.3 is 4.74 Å². The molecule has 0 amide bonds. The third-order valence-corrected chi connectivity index (χ3v) is 16.4. The summed E-state index contributed by atoms with van der Waals surface area (Å²) >= 11 is 15.8. The first-order chi connectivity index (χ1) is 14.3. The molecule has 152 valence electrons. The number of aromatic nitrogens is 1. The van der Waals surface area contributed by atoms with Gasteiger partial charge in [-0.1, -0.05) is 53.1 Å². The molecule has 1 aromatic heterocycles. The van der Waals surface area contributed by atoms with Crippen molar-refractivity contribution >= 4 is 100 Å². The van der Waals surface area contributed by atoms with Crippen molar-refractivity contribution in [2.75, 3.05) is 23.9 Å². The van der Waals surface area contributed by atoms with E-state index in [9.17, 15) is 4.79 Å². The molecule has 0 spiro atoms. The first-order valence-electron chi connectivity index (χ1n) is 8.84. The molecule has 5 heterocycles. The van der Waals surface area contributed by atoms with Crippen LogP contribution in [0.15, 0.2) is 49.8 Å². The van der Waals surface area contributed by atoms with Crippen LogP contribution in [0, 0.1) is 0 Å². The number of ether oxygens (including phenoxy) is 1. The van der Waals surface area contributed by atoms with E-state index in [4.69, 9.17) is 4.74 Å². The van der Waals surface area contributed by atoms with Crippen LogP contribution in [0.25, 0.3) is 0 Å². The second kappa shape index (κ2) is 10.1. The number of hydrogen-bond donors (Lipinski definition) is 0. The Bertz CT molecular complexity index is 894. The number of hydrogen-bond acceptors (Lipinski definition) is 11. The lowest BCUT2D eigenvalue weighted by Gasteiger charge is -2.21. The van der Waals surface area contributed by atoms with E-state index >= 15 is 0 Å². The molecule has 0 aliphatic carbocycles. The van der Waals surface area contributed by atoms with Crippen molar-refractivity contribution in [1.29, 1.82) is 0 Å². The van der Waals surface area contributed by atoms with E-state index in [1.807, 2.05) is 94.1 Å². The molecule has 11 heteroatoms. The van der Waals surface area contributed by atoms with Crippen molar-refractivity contribution < 1.29 is 9.53 Å². The molecule has 0 aromatic carbocycles. The van der Waals surface area contributed by atoms with Crippen molar-refractivity contribution in [2.24, 2.45) is 0 Å². The first-order valence-corrected chi connectivity index (χ1v) is 15.9. The van der Waals surface area contributed by atoms with Crippen LogP contribution in [0.5, 0.6) is 0 Å². The van der Waals surface area contributed by atoms with Gasteiger partial charge in [0.25, 0.3) is 0 Å². The fraction of sp³-hybridized carbons (Fsp3) is 0.333. The van der Waals surface area contributed by atoms with Crippen molar-refractivity contribution in [3.05, 3.63) is 55.5 Å². The minimum atomic E-state index is -0.334. The Morgan fingerprint density at radius 1 is 0.931 bits per heavy atom. The van der Waals surface area contributed by atoms with E-state index in [1.54, 1.807) is 24.4 Å². The number of carbonyl (C=O) groups excluding carboxylic acids is 1. The topological polar surface area (TPSA) is 39.2 Å². The highest BCUT2D eigenvalue weighted by molar-refractivity contribution is 8.45. The van der Waals surface area contributed by atoms with Crippen LogP contribution in [0.4, 0.5) is 0 Å². The summed E-state index contributed by atoms with van der Waals surface area (Å²) < 4.78 is 14.2. The quantitative estimate of drug-likeness (QED) is 0.366. The lowest BCUT2D eigenvalue weighted by molar-refractivity contribution is 0.0494. The molecule has 0 saturated heterocycles.